The molecule has 0 spiro atoms. The van der Waals surface area contributed by atoms with E-state index in [4.69, 9.17) is 14.7 Å². The standard InChI is InChI=1S/C28H26FN5O3/c1-18(2)27-32-25(26(20-10-12-21(29)13-11-20)33(27)17-15-24(36)37-4)23-14-16-30-28(31-23)34(19(3)35)22-8-6-5-7-9-22/h5-18H,1-4H3. The number of benzene rings is 2. The molecule has 0 N–H and O–H groups in total. The van der Waals surface area contributed by atoms with Gasteiger partial charge in [0.15, 0.2) is 0 Å². The molecule has 2 heterocycles. The highest BCUT2D eigenvalue weighted by atomic mass is 19.1. The van der Waals surface area contributed by atoms with Gasteiger partial charge in [-0.15, -0.1) is 0 Å². The summed E-state index contributed by atoms with van der Waals surface area (Å²) in [6.07, 6.45) is 4.43. The van der Waals surface area contributed by atoms with Crippen LogP contribution in [0.3, 0.4) is 0 Å². The minimum absolute atomic E-state index is 0.0328. The SMILES string of the molecule is COC(=O)C=Cn1c(C(C)C)nc(-c2ccnc(N(C(C)=O)c3ccccc3)n2)c1-c1ccc(F)cc1. The van der Waals surface area contributed by atoms with Gasteiger partial charge in [-0.05, 0) is 42.5 Å². The number of nitrogens with zero attached hydrogens (tertiary/aromatic N) is 5. The molecule has 4 rings (SSSR count). The number of methoxy groups -OCH3 is 1. The molecule has 0 aliphatic heterocycles. The molecule has 2 aromatic carbocycles. The van der Waals surface area contributed by atoms with Crippen molar-refractivity contribution in [2.45, 2.75) is 26.7 Å². The second-order valence-corrected chi connectivity index (χ2v) is 8.47. The zero-order valence-corrected chi connectivity index (χ0v) is 20.9. The lowest BCUT2D eigenvalue weighted by Crippen LogP contribution is -2.24. The van der Waals surface area contributed by atoms with Crippen LogP contribution in [0.4, 0.5) is 16.0 Å². The molecular weight excluding hydrogens is 473 g/mol. The van der Waals surface area contributed by atoms with Crippen molar-refractivity contribution in [3.8, 4) is 22.6 Å². The van der Waals surface area contributed by atoms with Gasteiger partial charge < -0.3 is 9.30 Å². The molecule has 37 heavy (non-hydrogen) atoms. The van der Waals surface area contributed by atoms with Gasteiger partial charge in [0.25, 0.3) is 0 Å². The molecule has 4 aromatic rings. The molecule has 1 amide bonds. The molecule has 0 bridgehead atoms. The summed E-state index contributed by atoms with van der Waals surface area (Å²) in [5.74, 6) is -0.353. The Morgan fingerprint density at radius 1 is 1.03 bits per heavy atom. The number of amides is 1. The van der Waals surface area contributed by atoms with Gasteiger partial charge in [-0.2, -0.15) is 0 Å². The van der Waals surface area contributed by atoms with Gasteiger partial charge in [-0.1, -0.05) is 32.0 Å². The number of hydrogen-bond donors (Lipinski definition) is 0. The van der Waals surface area contributed by atoms with Gasteiger partial charge in [-0.25, -0.2) is 29.0 Å². The monoisotopic (exact) mass is 499 g/mol. The number of para-hydroxylation sites is 1. The van der Waals surface area contributed by atoms with E-state index in [0.29, 0.717) is 34.2 Å². The van der Waals surface area contributed by atoms with Crippen molar-refractivity contribution in [1.29, 1.82) is 0 Å². The highest BCUT2D eigenvalue weighted by Gasteiger charge is 2.24. The lowest BCUT2D eigenvalue weighted by atomic mass is 10.1. The van der Waals surface area contributed by atoms with E-state index in [-0.39, 0.29) is 23.6 Å². The molecule has 188 valence electrons. The van der Waals surface area contributed by atoms with Crippen LogP contribution in [0.5, 0.6) is 0 Å². The van der Waals surface area contributed by atoms with Crippen LogP contribution in [0.15, 0.2) is 72.9 Å². The Kier molecular flexibility index (Phi) is 7.52. The number of carbonyl (C=O) groups is 2. The number of hydrogen-bond acceptors (Lipinski definition) is 6. The Hall–Kier alpha value is -4.66. The number of anilines is 2. The molecule has 8 nitrogen and oxygen atoms in total. The van der Waals surface area contributed by atoms with Crippen molar-refractivity contribution in [3.05, 3.63) is 84.6 Å². The summed E-state index contributed by atoms with van der Waals surface area (Å²) in [4.78, 5) is 39.8. The Morgan fingerprint density at radius 3 is 2.35 bits per heavy atom. The van der Waals surface area contributed by atoms with Gasteiger partial charge in [0.1, 0.15) is 17.3 Å². The van der Waals surface area contributed by atoms with Gasteiger partial charge in [0.2, 0.25) is 11.9 Å². The third-order valence-electron chi connectivity index (χ3n) is 5.55. The number of esters is 1. The second-order valence-electron chi connectivity index (χ2n) is 8.47. The van der Waals surface area contributed by atoms with E-state index in [9.17, 15) is 14.0 Å². The Labute approximate surface area is 214 Å². The van der Waals surface area contributed by atoms with Gasteiger partial charge in [0.05, 0.1) is 24.2 Å². The number of imidazole rings is 1. The van der Waals surface area contributed by atoms with E-state index in [1.54, 1.807) is 47.3 Å². The smallest absolute Gasteiger partial charge is 0.331 e. The molecular formula is C28H26FN5O3. The number of carbonyl (C=O) groups excluding carboxylic acids is 2. The lowest BCUT2D eigenvalue weighted by Gasteiger charge is -2.19. The third kappa shape index (κ3) is 5.45. The maximum absolute atomic E-state index is 13.8. The van der Waals surface area contributed by atoms with Crippen LogP contribution in [-0.2, 0) is 14.3 Å². The fourth-order valence-corrected chi connectivity index (χ4v) is 3.88. The summed E-state index contributed by atoms with van der Waals surface area (Å²) in [6, 6.07) is 16.8. The third-order valence-corrected chi connectivity index (χ3v) is 5.55. The van der Waals surface area contributed by atoms with Gasteiger partial charge in [-0.3, -0.25) is 4.79 Å². The normalized spacial score (nSPS) is 11.2. The molecule has 0 fully saturated rings. The Morgan fingerprint density at radius 2 is 1.73 bits per heavy atom. The highest BCUT2D eigenvalue weighted by molar-refractivity contribution is 5.97. The van der Waals surface area contributed by atoms with Crippen LogP contribution in [0.1, 0.15) is 32.5 Å². The van der Waals surface area contributed by atoms with E-state index < -0.39 is 5.97 Å². The Bertz CT molecular complexity index is 1450. The molecule has 0 unspecified atom stereocenters. The van der Waals surface area contributed by atoms with Crippen LogP contribution in [0.25, 0.3) is 28.8 Å². The average Bonchev–Trinajstić information content (AvgIpc) is 3.28. The van der Waals surface area contributed by atoms with Crippen LogP contribution >= 0.6 is 0 Å². The largest absolute Gasteiger partial charge is 0.466 e. The van der Waals surface area contributed by atoms with E-state index in [1.807, 2.05) is 32.0 Å². The molecule has 2 aromatic heterocycles. The van der Waals surface area contributed by atoms with Gasteiger partial charge in [0, 0.05) is 36.9 Å². The van der Waals surface area contributed by atoms with Crippen molar-refractivity contribution in [2.24, 2.45) is 0 Å². The first-order valence-electron chi connectivity index (χ1n) is 11.6. The zero-order valence-electron chi connectivity index (χ0n) is 20.9. The molecule has 9 heteroatoms. The number of halogens is 1. The van der Waals surface area contributed by atoms with Crippen molar-refractivity contribution in [1.82, 2.24) is 19.5 Å². The van der Waals surface area contributed by atoms with Crippen LogP contribution in [0, 0.1) is 5.82 Å². The van der Waals surface area contributed by atoms with E-state index >= 15 is 0 Å². The van der Waals surface area contributed by atoms with Crippen LogP contribution < -0.4 is 4.90 Å². The topological polar surface area (TPSA) is 90.2 Å². The maximum atomic E-state index is 13.8. The number of aromatic nitrogens is 4. The predicted octanol–water partition coefficient (Wildman–Crippen LogP) is 5.60. The molecule has 0 saturated carbocycles. The van der Waals surface area contributed by atoms with E-state index in [2.05, 4.69) is 4.98 Å². The fraction of sp³-hybridized carbons (Fsp3) is 0.179. The average molecular weight is 500 g/mol. The molecule has 0 saturated heterocycles. The minimum Gasteiger partial charge on any atom is -0.466 e. The van der Waals surface area contributed by atoms with Crippen LogP contribution in [0.2, 0.25) is 0 Å². The summed E-state index contributed by atoms with van der Waals surface area (Å²) in [5, 5.41) is 0. The number of rotatable bonds is 7. The maximum Gasteiger partial charge on any atom is 0.331 e. The summed E-state index contributed by atoms with van der Waals surface area (Å²) >= 11 is 0. The van der Waals surface area contributed by atoms with Crippen LogP contribution in [-0.4, -0.2) is 38.5 Å². The Balaban J connectivity index is 1.95. The van der Waals surface area contributed by atoms with E-state index in [0.717, 1.165) is 0 Å². The minimum atomic E-state index is -0.528. The first-order chi connectivity index (χ1) is 17.8. The highest BCUT2D eigenvalue weighted by Crippen LogP contribution is 2.35. The van der Waals surface area contributed by atoms with Crippen molar-refractivity contribution in [3.63, 3.8) is 0 Å². The first-order valence-corrected chi connectivity index (χ1v) is 11.6. The second kappa shape index (κ2) is 10.9. The number of ether oxygens (including phenoxy) is 1. The zero-order chi connectivity index (χ0) is 26.5. The lowest BCUT2D eigenvalue weighted by molar-refractivity contribution is -0.134. The first kappa shape index (κ1) is 25.4. The fourth-order valence-electron chi connectivity index (χ4n) is 3.88. The van der Waals surface area contributed by atoms with Crippen molar-refractivity contribution < 1.29 is 18.7 Å². The molecule has 0 atom stereocenters. The van der Waals surface area contributed by atoms with Gasteiger partial charge >= 0.3 is 5.97 Å². The summed E-state index contributed by atoms with van der Waals surface area (Å²) in [6.45, 7) is 5.39. The quantitative estimate of drug-likeness (QED) is 0.243. The summed E-state index contributed by atoms with van der Waals surface area (Å²) in [5.41, 5.74) is 2.84. The summed E-state index contributed by atoms with van der Waals surface area (Å²) in [7, 11) is 1.30. The van der Waals surface area contributed by atoms with E-state index in [1.165, 1.54) is 37.1 Å². The predicted molar refractivity (Wildman–Crippen MR) is 139 cm³/mol. The van der Waals surface area contributed by atoms with Crippen molar-refractivity contribution in [2.75, 3.05) is 12.0 Å². The van der Waals surface area contributed by atoms with Crippen molar-refractivity contribution >= 4 is 29.7 Å². The summed E-state index contributed by atoms with van der Waals surface area (Å²) < 4.78 is 20.3. The molecule has 0 aliphatic carbocycles. The molecule has 0 radical (unpaired) electrons. The molecule has 0 aliphatic rings.